The summed E-state index contributed by atoms with van der Waals surface area (Å²) in [5.41, 5.74) is 1.15. The summed E-state index contributed by atoms with van der Waals surface area (Å²) in [6, 6.07) is 10.2. The molecule has 0 amide bonds. The highest BCUT2D eigenvalue weighted by atomic mass is 32.2. The van der Waals surface area contributed by atoms with Gasteiger partial charge in [0.15, 0.2) is 5.03 Å². The summed E-state index contributed by atoms with van der Waals surface area (Å²) in [5.74, 6) is 0. The molecule has 1 aliphatic heterocycles. The highest BCUT2D eigenvalue weighted by Gasteiger charge is 2.43. The SMILES string of the molecule is CN(C)[C@@H]1CCN(S(=O)(=O)c2cn(C)cn2)[C@H]1Cc1ccccc1. The second-order valence-electron chi connectivity index (χ2n) is 6.57. The molecule has 3 rings (SSSR count). The Bertz CT molecular complexity index is 786. The fourth-order valence-electron chi connectivity index (χ4n) is 3.45. The van der Waals surface area contributed by atoms with Crippen molar-refractivity contribution in [1.29, 1.82) is 0 Å². The van der Waals surface area contributed by atoms with E-state index in [4.69, 9.17) is 0 Å². The zero-order valence-corrected chi connectivity index (χ0v) is 15.1. The minimum absolute atomic E-state index is 0.0885. The summed E-state index contributed by atoms with van der Waals surface area (Å²) in [6.45, 7) is 0.527. The maximum absolute atomic E-state index is 13.0. The number of hydrogen-bond acceptors (Lipinski definition) is 4. The normalized spacial score (nSPS) is 22.3. The molecule has 1 fully saturated rings. The van der Waals surface area contributed by atoms with Gasteiger partial charge in [0, 0.05) is 31.9 Å². The first kappa shape index (κ1) is 17.1. The van der Waals surface area contributed by atoms with Crippen LogP contribution in [-0.4, -0.2) is 59.9 Å². The van der Waals surface area contributed by atoms with Crippen LogP contribution in [0, 0.1) is 0 Å². The average molecular weight is 348 g/mol. The molecule has 0 N–H and O–H groups in total. The molecule has 0 bridgehead atoms. The molecular formula is C17H24N4O2S. The maximum Gasteiger partial charge on any atom is 0.262 e. The van der Waals surface area contributed by atoms with Crippen LogP contribution in [0.25, 0.3) is 0 Å². The summed E-state index contributed by atoms with van der Waals surface area (Å²) in [7, 11) is 2.23. The summed E-state index contributed by atoms with van der Waals surface area (Å²) in [4.78, 5) is 6.19. The predicted molar refractivity (Wildman–Crippen MR) is 93.1 cm³/mol. The van der Waals surface area contributed by atoms with Crippen LogP contribution in [0.4, 0.5) is 0 Å². The van der Waals surface area contributed by atoms with Gasteiger partial charge in [0.05, 0.1) is 6.33 Å². The Kier molecular flexibility index (Phi) is 4.76. The number of benzene rings is 1. The Morgan fingerprint density at radius 3 is 2.54 bits per heavy atom. The number of aryl methyl sites for hydroxylation is 1. The van der Waals surface area contributed by atoms with Crippen LogP contribution in [-0.2, 0) is 23.5 Å². The van der Waals surface area contributed by atoms with E-state index in [1.807, 2.05) is 32.3 Å². The molecule has 2 atom stereocenters. The monoisotopic (exact) mass is 348 g/mol. The third-order valence-corrected chi connectivity index (χ3v) is 6.47. The fraction of sp³-hybridized carbons (Fsp3) is 0.471. The Morgan fingerprint density at radius 1 is 1.25 bits per heavy atom. The second kappa shape index (κ2) is 6.66. The topological polar surface area (TPSA) is 58.4 Å². The molecule has 130 valence electrons. The number of aromatic nitrogens is 2. The Labute approximate surface area is 143 Å². The van der Waals surface area contributed by atoms with Gasteiger partial charge in [0.25, 0.3) is 10.0 Å². The van der Waals surface area contributed by atoms with E-state index >= 15 is 0 Å². The number of hydrogen-bond donors (Lipinski definition) is 0. The number of rotatable bonds is 5. The van der Waals surface area contributed by atoms with E-state index < -0.39 is 10.0 Å². The van der Waals surface area contributed by atoms with Crippen molar-refractivity contribution in [3.05, 3.63) is 48.4 Å². The van der Waals surface area contributed by atoms with Crippen molar-refractivity contribution in [2.45, 2.75) is 30.0 Å². The Balaban J connectivity index is 1.93. The van der Waals surface area contributed by atoms with Crippen LogP contribution < -0.4 is 0 Å². The Morgan fingerprint density at radius 2 is 1.96 bits per heavy atom. The lowest BCUT2D eigenvalue weighted by atomic mass is 10.0. The number of imidazole rings is 1. The molecule has 2 aromatic rings. The van der Waals surface area contributed by atoms with Gasteiger partial charge in [-0.3, -0.25) is 0 Å². The quantitative estimate of drug-likeness (QED) is 0.819. The molecule has 2 heterocycles. The van der Waals surface area contributed by atoms with Gasteiger partial charge in [0.1, 0.15) is 0 Å². The van der Waals surface area contributed by atoms with E-state index in [9.17, 15) is 8.42 Å². The van der Waals surface area contributed by atoms with Crippen LogP contribution in [0.5, 0.6) is 0 Å². The van der Waals surface area contributed by atoms with Gasteiger partial charge in [-0.15, -0.1) is 0 Å². The van der Waals surface area contributed by atoms with Gasteiger partial charge in [-0.25, -0.2) is 13.4 Å². The van der Waals surface area contributed by atoms with Crippen LogP contribution in [0.1, 0.15) is 12.0 Å². The minimum atomic E-state index is -3.58. The molecule has 0 spiro atoms. The fourth-order valence-corrected chi connectivity index (χ4v) is 5.08. The standard InChI is InChI=1S/C17H24N4O2S/c1-19(2)15-9-10-21(16(15)11-14-7-5-4-6-8-14)24(22,23)17-12-20(3)13-18-17/h4-8,12-13,15-16H,9-11H2,1-3H3/t15-,16+/m1/s1. The smallest absolute Gasteiger partial charge is 0.262 e. The van der Waals surface area contributed by atoms with Crippen molar-refractivity contribution >= 4 is 10.0 Å². The van der Waals surface area contributed by atoms with Gasteiger partial charge in [0.2, 0.25) is 0 Å². The van der Waals surface area contributed by atoms with E-state index in [0.29, 0.717) is 13.0 Å². The van der Waals surface area contributed by atoms with Crippen molar-refractivity contribution in [1.82, 2.24) is 18.8 Å². The largest absolute Gasteiger partial charge is 0.339 e. The van der Waals surface area contributed by atoms with E-state index in [2.05, 4.69) is 22.0 Å². The maximum atomic E-state index is 13.0. The van der Waals surface area contributed by atoms with E-state index in [1.165, 1.54) is 6.33 Å². The van der Waals surface area contributed by atoms with Crippen molar-refractivity contribution in [2.24, 2.45) is 7.05 Å². The van der Waals surface area contributed by atoms with Crippen molar-refractivity contribution in [3.63, 3.8) is 0 Å². The van der Waals surface area contributed by atoms with Crippen molar-refractivity contribution in [2.75, 3.05) is 20.6 Å². The number of nitrogens with zero attached hydrogens (tertiary/aromatic N) is 4. The first-order chi connectivity index (χ1) is 11.4. The molecule has 0 saturated carbocycles. The molecule has 1 aromatic heterocycles. The summed E-state index contributed by atoms with van der Waals surface area (Å²) < 4.78 is 29.4. The lowest BCUT2D eigenvalue weighted by Gasteiger charge is -2.30. The third-order valence-electron chi connectivity index (χ3n) is 4.66. The molecule has 1 aliphatic rings. The summed E-state index contributed by atoms with van der Waals surface area (Å²) in [5, 5.41) is 0.127. The predicted octanol–water partition coefficient (Wildman–Crippen LogP) is 1.36. The van der Waals surface area contributed by atoms with E-state index in [0.717, 1.165) is 12.0 Å². The molecule has 1 aromatic carbocycles. The molecule has 6 nitrogen and oxygen atoms in total. The van der Waals surface area contributed by atoms with Crippen LogP contribution in [0.15, 0.2) is 47.9 Å². The third kappa shape index (κ3) is 3.24. The lowest BCUT2D eigenvalue weighted by molar-refractivity contribution is 0.237. The van der Waals surface area contributed by atoms with Crippen LogP contribution in [0.2, 0.25) is 0 Å². The van der Waals surface area contributed by atoms with E-state index in [1.54, 1.807) is 22.1 Å². The first-order valence-electron chi connectivity index (χ1n) is 8.10. The zero-order chi connectivity index (χ0) is 17.3. The van der Waals surface area contributed by atoms with Crippen molar-refractivity contribution in [3.8, 4) is 0 Å². The minimum Gasteiger partial charge on any atom is -0.339 e. The first-order valence-corrected chi connectivity index (χ1v) is 9.54. The molecule has 0 radical (unpaired) electrons. The Hall–Kier alpha value is -1.70. The van der Waals surface area contributed by atoms with Gasteiger partial charge in [-0.05, 0) is 32.5 Å². The lowest BCUT2D eigenvalue weighted by Crippen LogP contribution is -2.45. The highest BCUT2D eigenvalue weighted by Crippen LogP contribution is 2.30. The van der Waals surface area contributed by atoms with E-state index in [-0.39, 0.29) is 17.1 Å². The molecule has 0 aliphatic carbocycles. The number of likely N-dealkylation sites (N-methyl/N-ethyl adjacent to an activating group) is 1. The average Bonchev–Trinajstić information content (AvgIpc) is 3.15. The van der Waals surface area contributed by atoms with Gasteiger partial charge in [-0.1, -0.05) is 30.3 Å². The van der Waals surface area contributed by atoms with Crippen LogP contribution >= 0.6 is 0 Å². The molecule has 1 saturated heterocycles. The molecule has 7 heteroatoms. The van der Waals surface area contributed by atoms with Gasteiger partial charge >= 0.3 is 0 Å². The molecular weight excluding hydrogens is 324 g/mol. The molecule has 0 unspecified atom stereocenters. The number of sulfonamides is 1. The highest BCUT2D eigenvalue weighted by molar-refractivity contribution is 7.89. The summed E-state index contributed by atoms with van der Waals surface area (Å²) >= 11 is 0. The van der Waals surface area contributed by atoms with Crippen LogP contribution in [0.3, 0.4) is 0 Å². The summed E-state index contributed by atoms with van der Waals surface area (Å²) in [6.07, 6.45) is 4.63. The zero-order valence-electron chi connectivity index (χ0n) is 14.3. The van der Waals surface area contributed by atoms with Crippen molar-refractivity contribution < 1.29 is 8.42 Å². The molecule has 24 heavy (non-hydrogen) atoms. The second-order valence-corrected chi connectivity index (χ2v) is 8.41. The van der Waals surface area contributed by atoms with Gasteiger partial charge in [-0.2, -0.15) is 4.31 Å². The van der Waals surface area contributed by atoms with Gasteiger partial charge < -0.3 is 9.47 Å².